The summed E-state index contributed by atoms with van der Waals surface area (Å²) < 4.78 is 25.1. The second kappa shape index (κ2) is 9.32. The van der Waals surface area contributed by atoms with E-state index in [4.69, 9.17) is 0 Å². The highest BCUT2D eigenvalue weighted by Gasteiger charge is 2.13. The predicted molar refractivity (Wildman–Crippen MR) is 96.3 cm³/mol. The summed E-state index contributed by atoms with van der Waals surface area (Å²) in [6, 6.07) is 13.7. The molecule has 0 aliphatic carbocycles. The fraction of sp³-hybridized carbons (Fsp3) is 0.263. The van der Waals surface area contributed by atoms with E-state index in [1.807, 2.05) is 19.1 Å². The number of carbonyl (C=O) groups is 2. The van der Waals surface area contributed by atoms with Crippen molar-refractivity contribution in [1.82, 2.24) is 0 Å². The highest BCUT2D eigenvalue weighted by Crippen LogP contribution is 2.31. The number of nitrogens with one attached hydrogen (secondary N) is 1. The summed E-state index contributed by atoms with van der Waals surface area (Å²) in [6.07, 6.45) is 0.969. The smallest absolute Gasteiger partial charge is 0.288 e. The Hall–Kier alpha value is -2.21. The molecule has 2 rings (SSSR count). The maximum absolute atomic E-state index is 12.5. The van der Waals surface area contributed by atoms with Gasteiger partial charge in [0.1, 0.15) is 0 Å². The standard InChI is InChI=1S/C19H19F2NO2S/c1-2-13-7-9-14(10-8-13)16(23)11-12-18(24)22-15-5-3-4-6-17(15)25-19(20)21/h3-10,19H,2,11-12H2,1H3,(H,22,24). The molecule has 2 aromatic carbocycles. The molecular formula is C19H19F2NO2S. The van der Waals surface area contributed by atoms with E-state index in [1.54, 1.807) is 30.3 Å². The number of carbonyl (C=O) groups excluding carboxylic acids is 2. The summed E-state index contributed by atoms with van der Waals surface area (Å²) in [5, 5.41) is 2.60. The van der Waals surface area contributed by atoms with Crippen LogP contribution in [0.2, 0.25) is 0 Å². The van der Waals surface area contributed by atoms with Crippen LogP contribution in [0.1, 0.15) is 35.7 Å². The van der Waals surface area contributed by atoms with E-state index in [1.165, 1.54) is 6.07 Å². The van der Waals surface area contributed by atoms with Gasteiger partial charge >= 0.3 is 0 Å². The van der Waals surface area contributed by atoms with Crippen molar-refractivity contribution < 1.29 is 18.4 Å². The van der Waals surface area contributed by atoms with Gasteiger partial charge in [0, 0.05) is 23.3 Å². The molecule has 1 amide bonds. The molecule has 0 bridgehead atoms. The predicted octanol–water partition coefficient (Wildman–Crippen LogP) is 5.17. The van der Waals surface area contributed by atoms with E-state index in [0.717, 1.165) is 12.0 Å². The molecule has 0 saturated heterocycles. The minimum absolute atomic E-state index is 0.00203. The van der Waals surface area contributed by atoms with Crippen molar-refractivity contribution in [3.8, 4) is 0 Å². The van der Waals surface area contributed by atoms with Gasteiger partial charge < -0.3 is 5.32 Å². The average molecular weight is 363 g/mol. The number of aryl methyl sites for hydroxylation is 1. The maximum Gasteiger partial charge on any atom is 0.288 e. The lowest BCUT2D eigenvalue weighted by Gasteiger charge is -2.10. The first-order chi connectivity index (χ1) is 12.0. The average Bonchev–Trinajstić information content (AvgIpc) is 2.61. The maximum atomic E-state index is 12.5. The summed E-state index contributed by atoms with van der Waals surface area (Å²) in [6.45, 7) is 2.03. The second-order valence-corrected chi connectivity index (χ2v) is 6.43. The van der Waals surface area contributed by atoms with Crippen LogP contribution in [0, 0.1) is 0 Å². The monoisotopic (exact) mass is 363 g/mol. The first kappa shape index (κ1) is 19.1. The number of rotatable bonds is 8. The summed E-state index contributed by atoms with van der Waals surface area (Å²) in [7, 11) is 0. The van der Waals surface area contributed by atoms with Crippen molar-refractivity contribution >= 4 is 29.1 Å². The van der Waals surface area contributed by atoms with Gasteiger partial charge in [0.2, 0.25) is 5.91 Å². The Kier molecular flexibility index (Phi) is 7.13. The van der Waals surface area contributed by atoms with Crippen LogP contribution in [0.4, 0.5) is 14.5 Å². The number of ketones is 1. The molecule has 3 nitrogen and oxygen atoms in total. The van der Waals surface area contributed by atoms with Crippen molar-refractivity contribution in [2.75, 3.05) is 5.32 Å². The number of thioether (sulfide) groups is 1. The van der Waals surface area contributed by atoms with Gasteiger partial charge in [-0.15, -0.1) is 0 Å². The molecule has 25 heavy (non-hydrogen) atoms. The topological polar surface area (TPSA) is 46.2 Å². The SMILES string of the molecule is CCc1ccc(C(=O)CCC(=O)Nc2ccccc2SC(F)F)cc1. The number of halogens is 2. The van der Waals surface area contributed by atoms with E-state index < -0.39 is 5.76 Å². The number of anilines is 1. The number of para-hydroxylation sites is 1. The lowest BCUT2D eigenvalue weighted by atomic mass is 10.0. The normalized spacial score (nSPS) is 10.7. The first-order valence-electron chi connectivity index (χ1n) is 7.95. The Bertz CT molecular complexity index is 732. The van der Waals surface area contributed by atoms with Gasteiger partial charge in [-0.1, -0.05) is 55.1 Å². The third-order valence-electron chi connectivity index (χ3n) is 3.64. The van der Waals surface area contributed by atoms with Gasteiger partial charge in [-0.25, -0.2) is 0 Å². The number of hydrogen-bond acceptors (Lipinski definition) is 3. The van der Waals surface area contributed by atoms with Crippen LogP contribution in [0.15, 0.2) is 53.4 Å². The summed E-state index contributed by atoms with van der Waals surface area (Å²) >= 11 is 0.377. The van der Waals surface area contributed by atoms with Crippen LogP contribution in [0.25, 0.3) is 0 Å². The van der Waals surface area contributed by atoms with Crippen molar-refractivity contribution in [2.45, 2.75) is 36.8 Å². The number of amides is 1. The van der Waals surface area contributed by atoms with E-state index in [-0.39, 0.29) is 24.5 Å². The van der Waals surface area contributed by atoms with Crippen molar-refractivity contribution in [3.63, 3.8) is 0 Å². The van der Waals surface area contributed by atoms with Crippen LogP contribution >= 0.6 is 11.8 Å². The van der Waals surface area contributed by atoms with Gasteiger partial charge in [0.25, 0.3) is 5.76 Å². The minimum atomic E-state index is -2.56. The van der Waals surface area contributed by atoms with E-state index >= 15 is 0 Å². The minimum Gasteiger partial charge on any atom is -0.325 e. The number of benzene rings is 2. The highest BCUT2D eigenvalue weighted by atomic mass is 32.2. The van der Waals surface area contributed by atoms with Gasteiger partial charge in [0.05, 0.1) is 5.69 Å². The second-order valence-electron chi connectivity index (χ2n) is 5.40. The van der Waals surface area contributed by atoms with Crippen molar-refractivity contribution in [3.05, 3.63) is 59.7 Å². The zero-order valence-corrected chi connectivity index (χ0v) is 14.6. The zero-order valence-electron chi connectivity index (χ0n) is 13.8. The third-order valence-corrected chi connectivity index (χ3v) is 4.43. The molecule has 0 saturated carbocycles. The van der Waals surface area contributed by atoms with Crippen LogP contribution in [-0.2, 0) is 11.2 Å². The molecular weight excluding hydrogens is 344 g/mol. The van der Waals surface area contributed by atoms with Crippen LogP contribution in [0.3, 0.4) is 0 Å². The molecule has 0 aromatic heterocycles. The Labute approximate surface area is 149 Å². The van der Waals surface area contributed by atoms with Gasteiger partial charge in [-0.05, 0) is 24.1 Å². The molecule has 1 N–H and O–H groups in total. The van der Waals surface area contributed by atoms with Crippen LogP contribution in [-0.4, -0.2) is 17.4 Å². The molecule has 0 fully saturated rings. The van der Waals surface area contributed by atoms with Crippen molar-refractivity contribution in [2.24, 2.45) is 0 Å². The Morgan fingerprint density at radius 2 is 1.72 bits per heavy atom. The molecule has 0 unspecified atom stereocenters. The van der Waals surface area contributed by atoms with Crippen LogP contribution in [0.5, 0.6) is 0 Å². The van der Waals surface area contributed by atoms with Gasteiger partial charge in [0.15, 0.2) is 5.78 Å². The van der Waals surface area contributed by atoms with E-state index in [0.29, 0.717) is 27.9 Å². The molecule has 0 spiro atoms. The summed E-state index contributed by atoms with van der Waals surface area (Å²) in [5.41, 5.74) is 2.04. The highest BCUT2D eigenvalue weighted by molar-refractivity contribution is 7.99. The molecule has 0 radical (unpaired) electrons. The van der Waals surface area contributed by atoms with Crippen molar-refractivity contribution in [1.29, 1.82) is 0 Å². The summed E-state index contributed by atoms with van der Waals surface area (Å²) in [4.78, 5) is 24.5. The molecule has 0 atom stereocenters. The summed E-state index contributed by atoms with van der Waals surface area (Å²) in [5.74, 6) is -3.06. The van der Waals surface area contributed by atoms with Gasteiger partial charge in [-0.3, -0.25) is 9.59 Å². The Morgan fingerprint density at radius 3 is 2.36 bits per heavy atom. The fourth-order valence-electron chi connectivity index (χ4n) is 2.28. The molecule has 6 heteroatoms. The quantitative estimate of drug-likeness (QED) is 0.520. The number of alkyl halides is 2. The lowest BCUT2D eigenvalue weighted by Crippen LogP contribution is -2.14. The molecule has 0 aliphatic rings. The molecule has 132 valence electrons. The fourth-order valence-corrected chi connectivity index (χ4v) is 2.87. The van der Waals surface area contributed by atoms with Gasteiger partial charge in [-0.2, -0.15) is 8.78 Å². The number of Topliss-reactive ketones (excluding diaryl/α,β-unsaturated/α-hetero) is 1. The third kappa shape index (κ3) is 5.98. The van der Waals surface area contributed by atoms with E-state index in [9.17, 15) is 18.4 Å². The first-order valence-corrected chi connectivity index (χ1v) is 8.83. The molecule has 0 aliphatic heterocycles. The number of hydrogen-bond donors (Lipinski definition) is 1. The molecule has 0 heterocycles. The van der Waals surface area contributed by atoms with E-state index in [2.05, 4.69) is 5.32 Å². The largest absolute Gasteiger partial charge is 0.325 e. The Balaban J connectivity index is 1.91. The lowest BCUT2D eigenvalue weighted by molar-refractivity contribution is -0.116. The van der Waals surface area contributed by atoms with Crippen LogP contribution < -0.4 is 5.32 Å². The Morgan fingerprint density at radius 1 is 1.04 bits per heavy atom. The zero-order chi connectivity index (χ0) is 18.2. The molecule has 2 aromatic rings.